The van der Waals surface area contributed by atoms with Crippen molar-refractivity contribution in [3.8, 4) is 17.2 Å². The second kappa shape index (κ2) is 7.54. The van der Waals surface area contributed by atoms with Crippen LogP contribution in [0, 0.1) is 0 Å². The van der Waals surface area contributed by atoms with Crippen LogP contribution < -0.4 is 14.2 Å². The minimum absolute atomic E-state index is 0.176. The monoisotopic (exact) mass is 315 g/mol. The van der Waals surface area contributed by atoms with Crippen molar-refractivity contribution in [2.45, 2.75) is 6.54 Å². The SMILES string of the molecule is COc1ccccc1CN(C)C(=O)c1c(OC)cccc1OC. The zero-order valence-corrected chi connectivity index (χ0v) is 13.8. The Kier molecular flexibility index (Phi) is 5.46. The zero-order valence-electron chi connectivity index (χ0n) is 13.8. The molecule has 5 nitrogen and oxygen atoms in total. The zero-order chi connectivity index (χ0) is 16.8. The number of hydrogen-bond acceptors (Lipinski definition) is 4. The average Bonchev–Trinajstić information content (AvgIpc) is 2.60. The molecular weight excluding hydrogens is 294 g/mol. The number of rotatable bonds is 6. The van der Waals surface area contributed by atoms with Crippen molar-refractivity contribution in [3.05, 3.63) is 53.6 Å². The molecule has 5 heteroatoms. The number of carbonyl (C=O) groups is 1. The molecule has 2 aromatic rings. The third-order valence-corrected chi connectivity index (χ3v) is 3.59. The fraction of sp³-hybridized carbons (Fsp3) is 0.278. The van der Waals surface area contributed by atoms with E-state index >= 15 is 0 Å². The van der Waals surface area contributed by atoms with Crippen LogP contribution in [0.3, 0.4) is 0 Å². The molecule has 122 valence electrons. The van der Waals surface area contributed by atoms with Crippen LogP contribution >= 0.6 is 0 Å². The molecule has 0 N–H and O–H groups in total. The molecule has 0 heterocycles. The predicted molar refractivity (Wildman–Crippen MR) is 88.3 cm³/mol. The lowest BCUT2D eigenvalue weighted by Gasteiger charge is -2.21. The highest BCUT2D eigenvalue weighted by atomic mass is 16.5. The second-order valence-corrected chi connectivity index (χ2v) is 5.01. The number of hydrogen-bond donors (Lipinski definition) is 0. The smallest absolute Gasteiger partial charge is 0.261 e. The lowest BCUT2D eigenvalue weighted by atomic mass is 10.1. The molecule has 2 aromatic carbocycles. The molecule has 23 heavy (non-hydrogen) atoms. The molecule has 0 atom stereocenters. The van der Waals surface area contributed by atoms with Gasteiger partial charge in [-0.3, -0.25) is 4.79 Å². The van der Waals surface area contributed by atoms with Crippen LogP contribution in [-0.2, 0) is 6.54 Å². The Labute approximate surface area is 136 Å². The normalized spacial score (nSPS) is 10.1. The first-order chi connectivity index (χ1) is 11.1. The largest absolute Gasteiger partial charge is 0.496 e. The van der Waals surface area contributed by atoms with Gasteiger partial charge < -0.3 is 19.1 Å². The van der Waals surface area contributed by atoms with E-state index in [-0.39, 0.29) is 5.91 Å². The van der Waals surface area contributed by atoms with Gasteiger partial charge in [-0.15, -0.1) is 0 Å². The lowest BCUT2D eigenvalue weighted by molar-refractivity contribution is 0.0777. The van der Waals surface area contributed by atoms with Crippen molar-refractivity contribution >= 4 is 5.91 Å². The molecule has 0 saturated heterocycles. The fourth-order valence-electron chi connectivity index (χ4n) is 2.41. The maximum Gasteiger partial charge on any atom is 0.261 e. The van der Waals surface area contributed by atoms with Crippen LogP contribution in [0.5, 0.6) is 17.2 Å². The Bertz CT molecular complexity index is 662. The highest BCUT2D eigenvalue weighted by molar-refractivity contribution is 5.99. The van der Waals surface area contributed by atoms with E-state index in [1.807, 2.05) is 24.3 Å². The molecule has 1 amide bonds. The van der Waals surface area contributed by atoms with Crippen LogP contribution in [0.15, 0.2) is 42.5 Å². The van der Waals surface area contributed by atoms with Gasteiger partial charge in [-0.2, -0.15) is 0 Å². The van der Waals surface area contributed by atoms with E-state index < -0.39 is 0 Å². The van der Waals surface area contributed by atoms with E-state index in [4.69, 9.17) is 14.2 Å². The molecule has 0 aromatic heterocycles. The maximum absolute atomic E-state index is 12.8. The molecule has 0 spiro atoms. The van der Waals surface area contributed by atoms with E-state index in [1.54, 1.807) is 37.3 Å². The quantitative estimate of drug-likeness (QED) is 0.822. The summed E-state index contributed by atoms with van der Waals surface area (Å²) >= 11 is 0. The van der Waals surface area contributed by atoms with Gasteiger partial charge in [0.1, 0.15) is 22.8 Å². The molecule has 0 bridgehead atoms. The number of methoxy groups -OCH3 is 3. The molecule has 0 aliphatic rings. The van der Waals surface area contributed by atoms with Crippen LogP contribution in [0.1, 0.15) is 15.9 Å². The fourth-order valence-corrected chi connectivity index (χ4v) is 2.41. The van der Waals surface area contributed by atoms with E-state index in [9.17, 15) is 4.79 Å². The number of nitrogens with zero attached hydrogens (tertiary/aromatic N) is 1. The highest BCUT2D eigenvalue weighted by Crippen LogP contribution is 2.30. The van der Waals surface area contributed by atoms with E-state index in [0.29, 0.717) is 23.6 Å². The van der Waals surface area contributed by atoms with Crippen LogP contribution in [0.25, 0.3) is 0 Å². The minimum atomic E-state index is -0.176. The van der Waals surface area contributed by atoms with E-state index in [0.717, 1.165) is 11.3 Å². The highest BCUT2D eigenvalue weighted by Gasteiger charge is 2.22. The van der Waals surface area contributed by atoms with Gasteiger partial charge in [0.25, 0.3) is 5.91 Å². The summed E-state index contributed by atoms with van der Waals surface area (Å²) in [6, 6.07) is 12.9. The van der Waals surface area contributed by atoms with Crippen molar-refractivity contribution in [2.75, 3.05) is 28.4 Å². The summed E-state index contributed by atoms with van der Waals surface area (Å²) in [5.74, 6) is 1.55. The number of ether oxygens (including phenoxy) is 3. The number of amides is 1. The average molecular weight is 315 g/mol. The van der Waals surface area contributed by atoms with Gasteiger partial charge in [0.2, 0.25) is 0 Å². The maximum atomic E-state index is 12.8. The summed E-state index contributed by atoms with van der Waals surface area (Å²) in [5, 5.41) is 0. The Morgan fingerprint density at radius 2 is 1.39 bits per heavy atom. The first-order valence-electron chi connectivity index (χ1n) is 7.20. The summed E-state index contributed by atoms with van der Waals surface area (Å²) in [4.78, 5) is 14.4. The first kappa shape index (κ1) is 16.7. The van der Waals surface area contributed by atoms with Gasteiger partial charge in [0, 0.05) is 19.2 Å². The van der Waals surface area contributed by atoms with E-state index in [1.165, 1.54) is 14.2 Å². The predicted octanol–water partition coefficient (Wildman–Crippen LogP) is 2.98. The third kappa shape index (κ3) is 3.56. The van der Waals surface area contributed by atoms with Gasteiger partial charge >= 0.3 is 0 Å². The van der Waals surface area contributed by atoms with Crippen molar-refractivity contribution in [1.82, 2.24) is 4.90 Å². The molecule has 0 aliphatic heterocycles. The molecule has 0 aliphatic carbocycles. The standard InChI is InChI=1S/C18H21NO4/c1-19(12-13-8-5-6-9-14(13)21-2)18(20)17-15(22-3)10-7-11-16(17)23-4/h5-11H,12H2,1-4H3. The van der Waals surface area contributed by atoms with E-state index in [2.05, 4.69) is 0 Å². The van der Waals surface area contributed by atoms with Crippen molar-refractivity contribution in [2.24, 2.45) is 0 Å². The molecule has 0 radical (unpaired) electrons. The summed E-state index contributed by atoms with van der Waals surface area (Å²) in [7, 11) is 6.42. The number of benzene rings is 2. The Balaban J connectivity index is 2.30. The minimum Gasteiger partial charge on any atom is -0.496 e. The van der Waals surface area contributed by atoms with Gasteiger partial charge in [-0.05, 0) is 18.2 Å². The molecular formula is C18H21NO4. The second-order valence-electron chi connectivity index (χ2n) is 5.01. The van der Waals surface area contributed by atoms with Crippen LogP contribution in [0.4, 0.5) is 0 Å². The van der Waals surface area contributed by atoms with Crippen LogP contribution in [-0.4, -0.2) is 39.2 Å². The van der Waals surface area contributed by atoms with Crippen LogP contribution in [0.2, 0.25) is 0 Å². The molecule has 0 fully saturated rings. The number of para-hydroxylation sites is 1. The Morgan fingerprint density at radius 1 is 0.870 bits per heavy atom. The van der Waals surface area contributed by atoms with Crippen molar-refractivity contribution in [3.63, 3.8) is 0 Å². The van der Waals surface area contributed by atoms with Gasteiger partial charge in [-0.25, -0.2) is 0 Å². The Hall–Kier alpha value is -2.69. The Morgan fingerprint density at radius 3 is 1.96 bits per heavy atom. The summed E-state index contributed by atoms with van der Waals surface area (Å²) in [6.07, 6.45) is 0. The number of carbonyl (C=O) groups excluding carboxylic acids is 1. The third-order valence-electron chi connectivity index (χ3n) is 3.59. The summed E-state index contributed by atoms with van der Waals surface area (Å²) in [5.41, 5.74) is 1.34. The van der Waals surface area contributed by atoms with Gasteiger partial charge in [0.15, 0.2) is 0 Å². The molecule has 2 rings (SSSR count). The first-order valence-corrected chi connectivity index (χ1v) is 7.20. The van der Waals surface area contributed by atoms with Crippen molar-refractivity contribution < 1.29 is 19.0 Å². The summed E-state index contributed by atoms with van der Waals surface area (Å²) < 4.78 is 15.9. The molecule has 0 saturated carbocycles. The summed E-state index contributed by atoms with van der Waals surface area (Å²) in [6.45, 7) is 0.421. The topological polar surface area (TPSA) is 48.0 Å². The van der Waals surface area contributed by atoms with Crippen molar-refractivity contribution in [1.29, 1.82) is 0 Å². The van der Waals surface area contributed by atoms with Gasteiger partial charge in [0.05, 0.1) is 21.3 Å². The van der Waals surface area contributed by atoms with Gasteiger partial charge in [-0.1, -0.05) is 24.3 Å². The molecule has 0 unspecified atom stereocenters. The lowest BCUT2D eigenvalue weighted by Crippen LogP contribution is -2.27.